The van der Waals surface area contributed by atoms with Crippen molar-refractivity contribution >= 4 is 12.6 Å². The molecule has 1 aromatic rings. The highest BCUT2D eigenvalue weighted by Gasteiger charge is 2.21. The molecule has 0 aliphatic heterocycles. The van der Waals surface area contributed by atoms with Crippen LogP contribution in [0.25, 0.3) is 0 Å². The van der Waals surface area contributed by atoms with Crippen LogP contribution in [0.2, 0.25) is 0 Å². The summed E-state index contributed by atoms with van der Waals surface area (Å²) in [6.07, 6.45) is 19.1. The molecule has 0 radical (unpaired) electrons. The highest BCUT2D eigenvalue weighted by molar-refractivity contribution is 7.80. The summed E-state index contributed by atoms with van der Waals surface area (Å²) < 4.78 is 0. The molecule has 0 spiro atoms. The number of aryl methyl sites for hydroxylation is 1. The van der Waals surface area contributed by atoms with Crippen LogP contribution in [0.1, 0.15) is 133 Å². The summed E-state index contributed by atoms with van der Waals surface area (Å²) in [6, 6.07) is 5.04. The lowest BCUT2D eigenvalue weighted by molar-refractivity contribution is 0.438. The molecule has 3 rings (SSSR count). The highest BCUT2D eigenvalue weighted by Crippen LogP contribution is 2.40. The van der Waals surface area contributed by atoms with Gasteiger partial charge >= 0.3 is 0 Å². The van der Waals surface area contributed by atoms with Crippen molar-refractivity contribution in [1.82, 2.24) is 0 Å². The van der Waals surface area contributed by atoms with Gasteiger partial charge < -0.3 is 0 Å². The van der Waals surface area contributed by atoms with Crippen molar-refractivity contribution in [3.63, 3.8) is 0 Å². The van der Waals surface area contributed by atoms with Crippen LogP contribution in [0.15, 0.2) is 17.0 Å². The molecule has 2 aliphatic rings. The van der Waals surface area contributed by atoms with E-state index in [4.69, 9.17) is 12.6 Å². The van der Waals surface area contributed by atoms with Gasteiger partial charge in [-0.2, -0.15) is 0 Å². The summed E-state index contributed by atoms with van der Waals surface area (Å²) in [5.41, 5.74) is 4.69. The van der Waals surface area contributed by atoms with Crippen molar-refractivity contribution in [3.05, 3.63) is 28.8 Å². The summed E-state index contributed by atoms with van der Waals surface area (Å²) in [5.74, 6) is 1.51. The third-order valence-corrected chi connectivity index (χ3v) is 6.45. The third kappa shape index (κ3) is 6.95. The van der Waals surface area contributed by atoms with Crippen LogP contribution in [0.3, 0.4) is 0 Å². The van der Waals surface area contributed by atoms with Gasteiger partial charge in [0.1, 0.15) is 0 Å². The first kappa shape index (κ1) is 21.9. The molecule has 0 aromatic heterocycles. The first-order valence-corrected chi connectivity index (χ1v) is 12.0. The van der Waals surface area contributed by atoms with Gasteiger partial charge in [-0.05, 0) is 60.6 Å². The lowest BCUT2D eigenvalue weighted by Gasteiger charge is -2.27. The van der Waals surface area contributed by atoms with Gasteiger partial charge in [0.15, 0.2) is 0 Å². The zero-order valence-corrected chi connectivity index (χ0v) is 18.6. The van der Waals surface area contributed by atoms with Crippen molar-refractivity contribution in [2.45, 2.75) is 127 Å². The Balaban J connectivity index is 0.000000732. The summed E-state index contributed by atoms with van der Waals surface area (Å²) in [7, 11) is 0. The lowest BCUT2D eigenvalue weighted by atomic mass is 9.80. The van der Waals surface area contributed by atoms with Crippen molar-refractivity contribution in [3.8, 4) is 0 Å². The van der Waals surface area contributed by atoms with Crippen molar-refractivity contribution in [2.24, 2.45) is 0 Å². The number of benzene rings is 1. The van der Waals surface area contributed by atoms with E-state index in [-0.39, 0.29) is 0 Å². The quantitative estimate of drug-likeness (QED) is 0.432. The van der Waals surface area contributed by atoms with E-state index in [9.17, 15) is 0 Å². The third-order valence-electron chi connectivity index (χ3n) is 5.90. The van der Waals surface area contributed by atoms with Crippen molar-refractivity contribution < 1.29 is 0 Å². The minimum Gasteiger partial charge on any atom is -0.143 e. The molecule has 0 unspecified atom stereocenters. The fourth-order valence-electron chi connectivity index (χ4n) is 4.34. The highest BCUT2D eigenvalue weighted by atomic mass is 32.1. The Hall–Kier alpha value is -0.430. The van der Waals surface area contributed by atoms with Gasteiger partial charge in [0.25, 0.3) is 0 Å². The molecule has 0 bridgehead atoms. The van der Waals surface area contributed by atoms with Gasteiger partial charge in [-0.1, -0.05) is 90.7 Å². The standard InChI is InChI=1S/C22H36S.C3H6/c1-4-10-17(11-5-2)20-15-19(12-6-3)22(23)21(16-20)18-13-8-7-9-14-18;1-2-3-1/h15-18,23H,4-14H2,1-3H3;1-3H2. The van der Waals surface area contributed by atoms with Crippen molar-refractivity contribution in [2.75, 3.05) is 0 Å². The molecule has 2 aliphatic carbocycles. The van der Waals surface area contributed by atoms with Crippen LogP contribution in [-0.2, 0) is 6.42 Å². The number of hydrogen-bond acceptors (Lipinski definition) is 1. The van der Waals surface area contributed by atoms with Crippen LogP contribution in [0.4, 0.5) is 0 Å². The fraction of sp³-hybridized carbons (Fsp3) is 0.760. The Kier molecular flexibility index (Phi) is 10.2. The lowest BCUT2D eigenvalue weighted by Crippen LogP contribution is -2.09. The second-order valence-corrected chi connectivity index (χ2v) is 8.98. The molecule has 26 heavy (non-hydrogen) atoms. The second-order valence-electron chi connectivity index (χ2n) is 8.54. The van der Waals surface area contributed by atoms with Crippen LogP contribution >= 0.6 is 12.6 Å². The largest absolute Gasteiger partial charge is 0.143 e. The maximum atomic E-state index is 4.98. The van der Waals surface area contributed by atoms with Crippen LogP contribution < -0.4 is 0 Å². The fourth-order valence-corrected chi connectivity index (χ4v) is 4.76. The van der Waals surface area contributed by atoms with E-state index in [0.29, 0.717) is 0 Å². The van der Waals surface area contributed by atoms with E-state index in [1.165, 1.54) is 100 Å². The van der Waals surface area contributed by atoms with Crippen LogP contribution in [0.5, 0.6) is 0 Å². The molecule has 1 aromatic carbocycles. The summed E-state index contributed by atoms with van der Waals surface area (Å²) >= 11 is 4.98. The van der Waals surface area contributed by atoms with E-state index in [0.717, 1.165) is 11.8 Å². The molecule has 0 heterocycles. The molecular formula is C25H42S. The number of thiol groups is 1. The predicted octanol–water partition coefficient (Wildman–Crippen LogP) is 8.83. The minimum absolute atomic E-state index is 0.747. The first-order chi connectivity index (χ1) is 12.7. The summed E-state index contributed by atoms with van der Waals surface area (Å²) in [5, 5.41) is 0. The first-order valence-electron chi connectivity index (χ1n) is 11.6. The zero-order valence-electron chi connectivity index (χ0n) is 17.7. The predicted molar refractivity (Wildman–Crippen MR) is 120 cm³/mol. The van der Waals surface area contributed by atoms with Gasteiger partial charge in [0.2, 0.25) is 0 Å². The molecule has 1 heteroatoms. The topological polar surface area (TPSA) is 0 Å². The van der Waals surface area contributed by atoms with Gasteiger partial charge in [0.05, 0.1) is 0 Å². The maximum absolute atomic E-state index is 4.98. The van der Waals surface area contributed by atoms with E-state index >= 15 is 0 Å². The van der Waals surface area contributed by atoms with Crippen molar-refractivity contribution in [1.29, 1.82) is 0 Å². The van der Waals surface area contributed by atoms with E-state index in [1.807, 2.05) is 0 Å². The molecular weight excluding hydrogens is 332 g/mol. The number of hydrogen-bond donors (Lipinski definition) is 1. The normalized spacial score (nSPS) is 17.1. The molecule has 0 nitrogen and oxygen atoms in total. The summed E-state index contributed by atoms with van der Waals surface area (Å²) in [6.45, 7) is 6.94. The Morgan fingerprint density at radius 3 is 1.92 bits per heavy atom. The average Bonchev–Trinajstić information content (AvgIpc) is 3.53. The molecule has 2 fully saturated rings. The maximum Gasteiger partial charge on any atom is 0.0107 e. The Bertz CT molecular complexity index is 502. The molecule has 148 valence electrons. The van der Waals surface area contributed by atoms with E-state index < -0.39 is 0 Å². The Morgan fingerprint density at radius 2 is 1.42 bits per heavy atom. The van der Waals surface area contributed by atoms with Crippen LogP contribution in [-0.4, -0.2) is 0 Å². The molecule has 0 atom stereocenters. The zero-order chi connectivity index (χ0) is 18.8. The Labute approximate surface area is 169 Å². The van der Waals surface area contributed by atoms with Crippen LogP contribution in [0, 0.1) is 0 Å². The SMILES string of the molecule is C1CC1.CCCc1cc(C(CCC)CCC)cc(C2CCCCC2)c1S. The molecule has 0 N–H and O–H groups in total. The Morgan fingerprint density at radius 1 is 0.846 bits per heavy atom. The molecule has 0 amide bonds. The van der Waals surface area contributed by atoms with E-state index in [1.54, 1.807) is 11.1 Å². The summed E-state index contributed by atoms with van der Waals surface area (Å²) in [4.78, 5) is 1.31. The number of rotatable bonds is 8. The van der Waals surface area contributed by atoms with Gasteiger partial charge in [-0.3, -0.25) is 0 Å². The van der Waals surface area contributed by atoms with Gasteiger partial charge in [-0.15, -0.1) is 12.6 Å². The molecule has 0 saturated heterocycles. The monoisotopic (exact) mass is 374 g/mol. The average molecular weight is 375 g/mol. The van der Waals surface area contributed by atoms with Gasteiger partial charge in [-0.25, -0.2) is 0 Å². The van der Waals surface area contributed by atoms with E-state index in [2.05, 4.69) is 32.9 Å². The minimum atomic E-state index is 0.747. The van der Waals surface area contributed by atoms with Gasteiger partial charge in [0, 0.05) is 4.90 Å². The smallest absolute Gasteiger partial charge is 0.0107 e. The molecule has 2 saturated carbocycles. The second kappa shape index (κ2) is 12.1.